The summed E-state index contributed by atoms with van der Waals surface area (Å²) in [6.45, 7) is 1.96. The molecule has 0 radical (unpaired) electrons. The van der Waals surface area contributed by atoms with Crippen LogP contribution in [-0.2, 0) is 0 Å². The summed E-state index contributed by atoms with van der Waals surface area (Å²) < 4.78 is 1.94. The van der Waals surface area contributed by atoms with Crippen LogP contribution in [-0.4, -0.2) is 23.5 Å². The molecule has 5 heteroatoms. The number of hydrogen-bond donors (Lipinski definition) is 0. The molecule has 1 aromatic rings. The van der Waals surface area contributed by atoms with E-state index in [2.05, 4.69) is 10.2 Å². The van der Waals surface area contributed by atoms with E-state index in [1.54, 1.807) is 18.0 Å². The maximum atomic E-state index is 5.67. The molecule has 3 nitrogen and oxygen atoms in total. The van der Waals surface area contributed by atoms with Gasteiger partial charge < -0.3 is 4.31 Å². The predicted octanol–water partition coefficient (Wildman–Crippen LogP) is 2.15. The molecule has 0 atom stereocenters. The molecule has 0 unspecified atom stereocenters. The van der Waals surface area contributed by atoms with Gasteiger partial charge in [-0.25, -0.2) is 0 Å². The Morgan fingerprint density at radius 1 is 1.50 bits per heavy atom. The zero-order valence-corrected chi connectivity index (χ0v) is 8.78. The van der Waals surface area contributed by atoms with E-state index in [-0.39, 0.29) is 0 Å². The number of nitrogens with zero attached hydrogens (tertiary/aromatic N) is 3. The molecule has 0 aliphatic heterocycles. The Morgan fingerprint density at radius 3 is 2.67 bits per heavy atom. The Hall–Kier alpha value is -0.480. The Bertz CT molecular complexity index is 279. The lowest BCUT2D eigenvalue weighted by Gasteiger charge is -2.14. The van der Waals surface area contributed by atoms with Crippen LogP contribution in [0.25, 0.3) is 0 Å². The van der Waals surface area contributed by atoms with Crippen molar-refractivity contribution in [2.75, 3.05) is 17.6 Å². The van der Waals surface area contributed by atoms with Crippen LogP contribution in [0.3, 0.4) is 0 Å². The summed E-state index contributed by atoms with van der Waals surface area (Å²) in [7, 11) is 1.94. The van der Waals surface area contributed by atoms with Gasteiger partial charge in [-0.05, 0) is 18.6 Å². The maximum Gasteiger partial charge on any atom is 0.163 e. The summed E-state index contributed by atoms with van der Waals surface area (Å²) in [5.74, 6) is 0.854. The third-order valence-electron chi connectivity index (χ3n) is 1.50. The van der Waals surface area contributed by atoms with Gasteiger partial charge in [-0.1, -0.05) is 23.5 Å². The van der Waals surface area contributed by atoms with Gasteiger partial charge in [-0.2, -0.15) is 0 Å². The maximum absolute atomic E-state index is 5.67. The van der Waals surface area contributed by atoms with Crippen molar-refractivity contribution in [3.63, 3.8) is 0 Å². The highest BCUT2D eigenvalue weighted by Gasteiger charge is 2.05. The topological polar surface area (TPSA) is 29.0 Å². The van der Waals surface area contributed by atoms with E-state index in [1.165, 1.54) is 0 Å². The highest BCUT2D eigenvalue weighted by molar-refractivity contribution is 7.99. The first-order chi connectivity index (χ1) is 5.65. The second-order valence-corrected chi connectivity index (χ2v) is 3.65. The molecule has 0 saturated heterocycles. The molecule has 0 aliphatic carbocycles. The smallest absolute Gasteiger partial charge is 0.163 e. The molecule has 0 bridgehead atoms. The number of halogens is 1. The summed E-state index contributed by atoms with van der Waals surface area (Å²) >= 11 is 7.25. The zero-order valence-electron chi connectivity index (χ0n) is 7.21. The number of aromatic nitrogens is 2. The molecule has 0 N–H and O–H groups in total. The molecule has 0 spiro atoms. The minimum Gasteiger partial charge on any atom is -0.302 e. The third kappa shape index (κ3) is 2.01. The van der Waals surface area contributed by atoms with Crippen LogP contribution in [0.4, 0.5) is 5.82 Å². The monoisotopic (exact) mass is 203 g/mol. The summed E-state index contributed by atoms with van der Waals surface area (Å²) in [5, 5.41) is 8.18. The fraction of sp³-hybridized carbons (Fsp3) is 0.429. The lowest BCUT2D eigenvalue weighted by Crippen LogP contribution is -2.09. The van der Waals surface area contributed by atoms with Crippen molar-refractivity contribution in [2.45, 2.75) is 6.92 Å². The highest BCUT2D eigenvalue weighted by atomic mass is 35.5. The van der Waals surface area contributed by atoms with Crippen molar-refractivity contribution < 1.29 is 0 Å². The molecule has 0 amide bonds. The van der Waals surface area contributed by atoms with E-state index >= 15 is 0 Å². The quantitative estimate of drug-likeness (QED) is 0.689. The summed E-state index contributed by atoms with van der Waals surface area (Å²) in [5.41, 5.74) is 1.03. The van der Waals surface area contributed by atoms with Crippen molar-refractivity contribution in [3.8, 4) is 0 Å². The van der Waals surface area contributed by atoms with E-state index in [0.717, 1.165) is 11.4 Å². The van der Waals surface area contributed by atoms with Crippen LogP contribution < -0.4 is 4.31 Å². The first-order valence-corrected chi connectivity index (χ1v) is 4.98. The van der Waals surface area contributed by atoms with Gasteiger partial charge in [-0.3, -0.25) is 0 Å². The molecule has 1 aromatic heterocycles. The van der Waals surface area contributed by atoms with Crippen molar-refractivity contribution in [2.24, 2.45) is 0 Å². The molecule has 0 fully saturated rings. The number of aryl methyl sites for hydroxylation is 1. The van der Waals surface area contributed by atoms with Gasteiger partial charge in [-0.15, -0.1) is 10.2 Å². The van der Waals surface area contributed by atoms with Gasteiger partial charge in [0, 0.05) is 13.3 Å². The molecular formula is C7H10ClN3S. The molecule has 1 rings (SSSR count). The predicted molar refractivity (Wildman–Crippen MR) is 53.7 cm³/mol. The van der Waals surface area contributed by atoms with Crippen molar-refractivity contribution >= 4 is 29.4 Å². The van der Waals surface area contributed by atoms with Gasteiger partial charge in [0.15, 0.2) is 11.0 Å². The number of anilines is 1. The van der Waals surface area contributed by atoms with E-state index in [0.29, 0.717) is 5.15 Å². The molecule has 66 valence electrons. The van der Waals surface area contributed by atoms with Crippen LogP contribution in [0, 0.1) is 6.92 Å². The Labute approximate surface area is 81.3 Å². The lowest BCUT2D eigenvalue weighted by molar-refractivity contribution is 0.997. The highest BCUT2D eigenvalue weighted by Crippen LogP contribution is 2.20. The second-order valence-electron chi connectivity index (χ2n) is 2.35. The SMILES string of the molecule is CSN(C)c1nnc(Cl)cc1C. The van der Waals surface area contributed by atoms with Crippen LogP contribution in [0.5, 0.6) is 0 Å². The molecule has 0 saturated carbocycles. The summed E-state index contributed by atoms with van der Waals surface area (Å²) in [6, 6.07) is 1.80. The first-order valence-electron chi connectivity index (χ1n) is 3.43. The zero-order chi connectivity index (χ0) is 9.14. The normalized spacial score (nSPS) is 10.0. The average molecular weight is 204 g/mol. The standard InChI is InChI=1S/C7H10ClN3S/c1-5-4-6(8)9-10-7(5)11(2)12-3/h4H,1-3H3. The minimum absolute atomic E-state index is 0.436. The van der Waals surface area contributed by atoms with Crippen molar-refractivity contribution in [3.05, 3.63) is 16.8 Å². The number of hydrogen-bond acceptors (Lipinski definition) is 4. The minimum atomic E-state index is 0.436. The molecular weight excluding hydrogens is 194 g/mol. The van der Waals surface area contributed by atoms with Gasteiger partial charge in [0.25, 0.3) is 0 Å². The van der Waals surface area contributed by atoms with E-state index < -0.39 is 0 Å². The summed E-state index contributed by atoms with van der Waals surface area (Å²) in [6.07, 6.45) is 1.98. The molecule has 0 aliphatic rings. The van der Waals surface area contributed by atoms with E-state index in [1.807, 2.05) is 24.5 Å². The molecule has 0 aromatic carbocycles. The third-order valence-corrected chi connectivity index (χ3v) is 2.41. The van der Waals surface area contributed by atoms with Gasteiger partial charge in [0.1, 0.15) is 0 Å². The average Bonchev–Trinajstić information content (AvgIpc) is 2.03. The van der Waals surface area contributed by atoms with Gasteiger partial charge in [0.05, 0.1) is 0 Å². The van der Waals surface area contributed by atoms with Crippen LogP contribution in [0.1, 0.15) is 5.56 Å². The van der Waals surface area contributed by atoms with E-state index in [4.69, 9.17) is 11.6 Å². The second kappa shape index (κ2) is 3.96. The fourth-order valence-corrected chi connectivity index (χ4v) is 1.40. The molecule has 12 heavy (non-hydrogen) atoms. The fourth-order valence-electron chi connectivity index (χ4n) is 0.844. The van der Waals surface area contributed by atoms with E-state index in [9.17, 15) is 0 Å². The first kappa shape index (κ1) is 9.61. The summed E-state index contributed by atoms with van der Waals surface area (Å²) in [4.78, 5) is 0. The van der Waals surface area contributed by atoms with Gasteiger partial charge in [0.2, 0.25) is 0 Å². The van der Waals surface area contributed by atoms with Crippen molar-refractivity contribution in [1.29, 1.82) is 0 Å². The van der Waals surface area contributed by atoms with Crippen LogP contribution in [0.15, 0.2) is 6.07 Å². The Morgan fingerprint density at radius 2 is 2.17 bits per heavy atom. The van der Waals surface area contributed by atoms with Crippen LogP contribution in [0.2, 0.25) is 5.15 Å². The number of rotatable bonds is 2. The van der Waals surface area contributed by atoms with Crippen LogP contribution >= 0.6 is 23.5 Å². The lowest BCUT2D eigenvalue weighted by atomic mass is 10.3. The molecule has 1 heterocycles. The van der Waals surface area contributed by atoms with Gasteiger partial charge >= 0.3 is 0 Å². The van der Waals surface area contributed by atoms with Crippen molar-refractivity contribution in [1.82, 2.24) is 10.2 Å². The Balaban J connectivity index is 3.01. The Kier molecular flexibility index (Phi) is 3.17. The largest absolute Gasteiger partial charge is 0.302 e.